The molecule has 1 atom stereocenters. The van der Waals surface area contributed by atoms with Crippen molar-refractivity contribution in [1.82, 2.24) is 19.9 Å². The number of benzene rings is 2. The minimum absolute atomic E-state index is 0.0146. The highest BCUT2D eigenvalue weighted by Gasteiger charge is 2.33. The summed E-state index contributed by atoms with van der Waals surface area (Å²) in [5, 5.41) is 4.28. The van der Waals surface area contributed by atoms with Gasteiger partial charge in [0, 0.05) is 41.8 Å². The van der Waals surface area contributed by atoms with Crippen LogP contribution in [0.25, 0.3) is 16.7 Å². The van der Waals surface area contributed by atoms with Crippen molar-refractivity contribution in [2.24, 2.45) is 22.2 Å². The molecule has 0 saturated carbocycles. The smallest absolute Gasteiger partial charge is 0.404 e. The molecule has 0 unspecified atom stereocenters. The van der Waals surface area contributed by atoms with Crippen molar-refractivity contribution in [3.63, 3.8) is 0 Å². The van der Waals surface area contributed by atoms with Crippen molar-refractivity contribution in [2.75, 3.05) is 13.1 Å². The van der Waals surface area contributed by atoms with E-state index in [1.165, 1.54) is 6.07 Å². The van der Waals surface area contributed by atoms with E-state index in [-0.39, 0.29) is 39.3 Å². The van der Waals surface area contributed by atoms with Crippen molar-refractivity contribution in [2.45, 2.75) is 104 Å². The van der Waals surface area contributed by atoms with Gasteiger partial charge in [-0.2, -0.15) is 4.98 Å². The van der Waals surface area contributed by atoms with E-state index in [9.17, 15) is 18.0 Å². The van der Waals surface area contributed by atoms with Crippen LogP contribution in [0.4, 0.5) is 13.2 Å². The highest BCUT2D eigenvalue weighted by atomic mass is 35.5. The molecule has 0 aliphatic carbocycles. The molecule has 2 aromatic carbocycles. The van der Waals surface area contributed by atoms with Gasteiger partial charge in [-0.25, -0.2) is 4.79 Å². The van der Waals surface area contributed by atoms with E-state index in [2.05, 4.69) is 51.9 Å². The van der Waals surface area contributed by atoms with Crippen LogP contribution in [0.15, 0.2) is 58.4 Å². The summed E-state index contributed by atoms with van der Waals surface area (Å²) < 4.78 is 43.3. The highest BCUT2D eigenvalue weighted by Crippen LogP contribution is 2.39. The first-order valence-electron chi connectivity index (χ1n) is 17.0. The van der Waals surface area contributed by atoms with E-state index in [0.29, 0.717) is 24.2 Å². The summed E-state index contributed by atoms with van der Waals surface area (Å²) in [5.41, 5.74) is 20.6. The second-order valence-corrected chi connectivity index (χ2v) is 15.1. The number of halogens is 4. The van der Waals surface area contributed by atoms with Crippen LogP contribution in [-0.2, 0) is 23.8 Å². The molecule has 8 N–H and O–H groups in total. The first kappa shape index (κ1) is 41.4. The third-order valence-electron chi connectivity index (χ3n) is 7.92. The number of fused-ring (bicyclic) bond motifs is 1. The van der Waals surface area contributed by atoms with Crippen LogP contribution in [-0.4, -0.2) is 46.0 Å². The zero-order valence-corrected chi connectivity index (χ0v) is 31.3. The van der Waals surface area contributed by atoms with Crippen LogP contribution in [0.3, 0.4) is 0 Å². The van der Waals surface area contributed by atoms with Gasteiger partial charge >= 0.3 is 12.1 Å². The average molecular weight is 733 g/mol. The van der Waals surface area contributed by atoms with Gasteiger partial charge in [0.2, 0.25) is 0 Å². The molecule has 2 aromatic heterocycles. The Morgan fingerprint density at radius 3 is 2.25 bits per heavy atom. The summed E-state index contributed by atoms with van der Waals surface area (Å²) in [4.78, 5) is 23.9. The molecule has 2 heterocycles. The van der Waals surface area contributed by atoms with Gasteiger partial charge in [-0.15, -0.1) is 13.2 Å². The molecule has 0 saturated heterocycles. The van der Waals surface area contributed by atoms with Crippen molar-refractivity contribution in [3.8, 4) is 11.4 Å². The Hall–Kier alpha value is -4.07. The Kier molecular flexibility index (Phi) is 14.1. The second-order valence-electron chi connectivity index (χ2n) is 14.8. The van der Waals surface area contributed by atoms with Gasteiger partial charge in [0.25, 0.3) is 0 Å². The highest BCUT2D eigenvalue weighted by molar-refractivity contribution is 6.33. The number of hydrogen-bond acceptors (Lipinski definition) is 6. The van der Waals surface area contributed by atoms with Gasteiger partial charge in [0.1, 0.15) is 11.4 Å². The Bertz CT molecular complexity index is 1820. The van der Waals surface area contributed by atoms with Crippen LogP contribution in [0.1, 0.15) is 90.1 Å². The summed E-state index contributed by atoms with van der Waals surface area (Å²) in [6, 6.07) is 13.2. The van der Waals surface area contributed by atoms with Gasteiger partial charge in [-0.3, -0.25) is 9.56 Å². The van der Waals surface area contributed by atoms with Gasteiger partial charge in [-0.1, -0.05) is 71.3 Å². The minimum Gasteiger partial charge on any atom is -0.404 e. The number of aryl methyl sites for hydroxylation is 1. The molecule has 0 radical (unpaired) electrons. The lowest BCUT2D eigenvalue weighted by atomic mass is 9.85. The number of nitrogens with two attached hydrogens (primary N) is 3. The number of aromatic amines is 1. The average Bonchev–Trinajstić information content (AvgIpc) is 3.43. The monoisotopic (exact) mass is 732 g/mol. The van der Waals surface area contributed by atoms with Crippen LogP contribution in [0, 0.1) is 0 Å². The normalized spacial score (nSPS) is 12.7. The van der Waals surface area contributed by atoms with E-state index >= 15 is 0 Å². The largest absolute Gasteiger partial charge is 0.573 e. The molecule has 10 nitrogen and oxygen atoms in total. The fourth-order valence-corrected chi connectivity index (χ4v) is 5.61. The molecule has 280 valence electrons. The number of rotatable bonds is 12. The number of H-pyrrole nitrogens is 1. The Morgan fingerprint density at radius 1 is 1.02 bits per heavy atom. The number of ether oxygens (including phenoxy) is 1. The summed E-state index contributed by atoms with van der Waals surface area (Å²) in [7, 11) is 0. The summed E-state index contributed by atoms with van der Waals surface area (Å²) in [6.45, 7) is 16.1. The van der Waals surface area contributed by atoms with Gasteiger partial charge in [-0.05, 0) is 85.5 Å². The van der Waals surface area contributed by atoms with Crippen molar-refractivity contribution < 1.29 is 17.9 Å². The van der Waals surface area contributed by atoms with E-state index in [0.717, 1.165) is 60.2 Å². The molecule has 4 rings (SSSR count). The summed E-state index contributed by atoms with van der Waals surface area (Å²) in [5.74, 6) is -0.213. The van der Waals surface area contributed by atoms with Crippen LogP contribution in [0.2, 0.25) is 5.02 Å². The maximum absolute atomic E-state index is 12.5. The molecule has 0 aliphatic heterocycles. The zero-order chi connectivity index (χ0) is 38.1. The van der Waals surface area contributed by atoms with E-state index < -0.39 is 6.36 Å². The predicted molar refractivity (Wildman–Crippen MR) is 201 cm³/mol. The maximum atomic E-state index is 12.5. The fourth-order valence-electron chi connectivity index (χ4n) is 5.17. The molecule has 4 aromatic rings. The molecule has 0 fully saturated rings. The Morgan fingerprint density at radius 2 is 1.69 bits per heavy atom. The molecular weight excluding hydrogens is 681 g/mol. The molecule has 51 heavy (non-hydrogen) atoms. The lowest BCUT2D eigenvalue weighted by Crippen LogP contribution is -2.23. The Labute approximate surface area is 303 Å². The van der Waals surface area contributed by atoms with E-state index in [1.54, 1.807) is 4.57 Å². The topological polar surface area (TPSA) is 162 Å². The third-order valence-corrected chi connectivity index (χ3v) is 8.31. The van der Waals surface area contributed by atoms with Gasteiger partial charge < -0.3 is 32.2 Å². The van der Waals surface area contributed by atoms with Crippen molar-refractivity contribution in [1.29, 1.82) is 0 Å². The first-order valence-corrected chi connectivity index (χ1v) is 17.3. The molecule has 0 amide bonds. The molecule has 0 bridgehead atoms. The molecule has 0 spiro atoms. The molecule has 14 heteroatoms. The number of aliphatic imine (C=N–C) groups is 1. The Balaban J connectivity index is 0.000000287. The third kappa shape index (κ3) is 13.2. The molecule has 0 aliphatic rings. The molecular formula is C37H52ClF3N8O2. The minimum atomic E-state index is -4.76. The van der Waals surface area contributed by atoms with Gasteiger partial charge in [0.05, 0.1) is 10.7 Å². The number of hydrogen-bond donors (Lipinski definition) is 5. The SMILES string of the molecule is CC(C)(C)c1cc2cn(-c3ccc(CNCCCN=C(N)N)cc3)c(=O)nc2[nH]1.C[C@H](N)CCCc1cc(OC(F)(F)F)c(Cl)c(C(C)(C)C)c1. The fraction of sp³-hybridized carbons (Fsp3) is 0.486. The zero-order valence-electron chi connectivity index (χ0n) is 30.5. The lowest BCUT2D eigenvalue weighted by Gasteiger charge is -2.24. The van der Waals surface area contributed by atoms with Crippen LogP contribution < -0.4 is 32.9 Å². The first-order chi connectivity index (χ1) is 23.6. The van der Waals surface area contributed by atoms with Crippen LogP contribution in [0.5, 0.6) is 5.75 Å². The number of alkyl halides is 3. The quantitative estimate of drug-likeness (QED) is 0.0597. The van der Waals surface area contributed by atoms with Crippen molar-refractivity contribution in [3.05, 3.63) is 86.6 Å². The van der Waals surface area contributed by atoms with E-state index in [4.69, 9.17) is 28.8 Å². The number of nitrogens with zero attached hydrogens (tertiary/aromatic N) is 3. The number of guanidine groups is 1. The predicted octanol–water partition coefficient (Wildman–Crippen LogP) is 6.97. The number of nitrogens with one attached hydrogen (secondary N) is 2. The van der Waals surface area contributed by atoms with Gasteiger partial charge in [0.15, 0.2) is 5.96 Å². The van der Waals surface area contributed by atoms with Crippen molar-refractivity contribution >= 4 is 28.6 Å². The lowest BCUT2D eigenvalue weighted by molar-refractivity contribution is -0.274. The van der Waals surface area contributed by atoms with E-state index in [1.807, 2.05) is 64.2 Å². The van der Waals surface area contributed by atoms with Crippen LogP contribution >= 0.6 is 11.6 Å². The number of aromatic nitrogens is 3. The maximum Gasteiger partial charge on any atom is 0.573 e. The standard InChI is InChI=1S/C21H29N7O.C16H23ClF3NO/c1-21(2,3)17-11-15-13-28(20(29)27-18(15)26-17)16-7-5-14(6-8-16)12-24-9-4-10-25-19(22)23;1-10(21)6-5-7-11-8-12(15(2,3)4)14(17)13(9-11)22-16(18,19)20/h5-8,11,13,24H,4,9-10,12H2,1-3H3,(H4,22,23,25)(H,26,27,29);8-10H,5-7,21H2,1-4H3/t;10-/m.0/s1. The second kappa shape index (κ2) is 17.4. The summed E-state index contributed by atoms with van der Waals surface area (Å²) >= 11 is 6.11. The summed E-state index contributed by atoms with van der Waals surface area (Å²) in [6.07, 6.45) is 0.189.